The van der Waals surface area contributed by atoms with E-state index in [1.54, 1.807) is 0 Å². The average Bonchev–Trinajstić information content (AvgIpc) is 3.19. The summed E-state index contributed by atoms with van der Waals surface area (Å²) in [5.74, 6) is 0. The summed E-state index contributed by atoms with van der Waals surface area (Å²) < 4.78 is 2.00. The van der Waals surface area contributed by atoms with Crippen molar-refractivity contribution >= 4 is 4.31 Å². The normalized spacial score (nSPS) is 9.35. The molecule has 0 amide bonds. The fourth-order valence-electron chi connectivity index (χ4n) is 2.32. The van der Waals surface area contributed by atoms with Crippen LogP contribution in [0.5, 0.6) is 0 Å². The first-order chi connectivity index (χ1) is 10.4. The second kappa shape index (κ2) is 12.4. The standard InChI is InChI=1S/C13H9.C5H5.C2H4.2ClH.Ti/c1-3-7-12-10(5-1)9-11-6-2-4-8-13(11)12;1-2-4-5-3-1;1-2;;;/h1-5,7-8H,9H2;1-5H;1H,2H3;2*1H;/q2*-1;;;;+2/p-2. The Bertz CT molecular complexity index is 615. The molecule has 3 aromatic carbocycles. The van der Waals surface area contributed by atoms with Crippen LogP contribution in [-0.2, 0) is 26.4 Å². The van der Waals surface area contributed by atoms with Crippen LogP contribution in [0.4, 0.5) is 0 Å². The van der Waals surface area contributed by atoms with Gasteiger partial charge in [0.05, 0.1) is 0 Å². The van der Waals surface area contributed by atoms with Crippen LogP contribution < -0.4 is 24.8 Å². The molecule has 0 fully saturated rings. The maximum absolute atomic E-state index is 3.30. The molecule has 0 saturated heterocycles. The third kappa shape index (κ3) is 6.53. The Morgan fingerprint density at radius 2 is 1.57 bits per heavy atom. The van der Waals surface area contributed by atoms with Crippen molar-refractivity contribution in [1.82, 2.24) is 0 Å². The smallest absolute Gasteiger partial charge is 0.0253 e. The largest absolute Gasteiger partial charge is 1.00 e. The van der Waals surface area contributed by atoms with Crippen molar-refractivity contribution < 1.29 is 44.8 Å². The molecule has 3 heteroatoms. The van der Waals surface area contributed by atoms with Gasteiger partial charge in [0, 0.05) is 0 Å². The Morgan fingerprint density at radius 3 is 2.17 bits per heavy atom. The van der Waals surface area contributed by atoms with Crippen LogP contribution >= 0.6 is 0 Å². The van der Waals surface area contributed by atoms with Gasteiger partial charge in [-0.25, -0.2) is 12.1 Å². The van der Waals surface area contributed by atoms with E-state index in [1.165, 1.54) is 22.3 Å². The van der Waals surface area contributed by atoms with Crippen molar-refractivity contribution in [2.75, 3.05) is 0 Å². The fraction of sp³-hybridized carbons (Fsp3) is 0.100. The van der Waals surface area contributed by atoms with Gasteiger partial charge < -0.3 is 24.8 Å². The molecule has 0 spiro atoms. The van der Waals surface area contributed by atoms with Crippen LogP contribution in [0, 0.1) is 6.07 Å². The number of rotatable bonds is 0. The predicted octanol–water partition coefficient (Wildman–Crippen LogP) is -1.17. The minimum atomic E-state index is 0. The summed E-state index contributed by atoms with van der Waals surface area (Å²) in [6.45, 7) is 2.00. The monoisotopic (exact) mass is 376 g/mol. The number of benzene rings is 2. The Labute approximate surface area is 163 Å². The number of hydrogen-bond donors (Lipinski definition) is 0. The molecule has 1 aliphatic rings. The molecule has 23 heavy (non-hydrogen) atoms. The first-order valence-electron chi connectivity index (χ1n) is 7.06. The van der Waals surface area contributed by atoms with E-state index >= 15 is 0 Å². The summed E-state index contributed by atoms with van der Waals surface area (Å²) in [6.07, 6.45) is 1.05. The van der Waals surface area contributed by atoms with E-state index in [0.29, 0.717) is 0 Å². The van der Waals surface area contributed by atoms with E-state index in [0.717, 1.165) is 6.42 Å². The third-order valence-corrected chi connectivity index (χ3v) is 3.17. The van der Waals surface area contributed by atoms with Gasteiger partial charge in [0.1, 0.15) is 0 Å². The predicted molar refractivity (Wildman–Crippen MR) is 87.3 cm³/mol. The van der Waals surface area contributed by atoms with Crippen LogP contribution in [0.1, 0.15) is 18.1 Å². The molecule has 4 rings (SSSR count). The maximum Gasteiger partial charge on any atom is -0.0253 e. The van der Waals surface area contributed by atoms with E-state index in [1.807, 2.05) is 67.6 Å². The average molecular weight is 377 g/mol. The van der Waals surface area contributed by atoms with Crippen LogP contribution in [0.15, 0.2) is 72.8 Å². The van der Waals surface area contributed by atoms with E-state index in [2.05, 4.69) is 42.5 Å². The van der Waals surface area contributed by atoms with Crippen LogP contribution in [-0.4, -0.2) is 4.31 Å². The van der Waals surface area contributed by atoms with Crippen molar-refractivity contribution in [3.63, 3.8) is 0 Å². The Balaban J connectivity index is 0.000000413. The first-order valence-corrected chi connectivity index (χ1v) is 7.96. The first kappa shape index (κ1) is 22.0. The Kier molecular flexibility index (Phi) is 11.8. The van der Waals surface area contributed by atoms with E-state index in [9.17, 15) is 0 Å². The molecule has 0 saturated carbocycles. The summed E-state index contributed by atoms with van der Waals surface area (Å²) in [6, 6.07) is 28.1. The summed E-state index contributed by atoms with van der Waals surface area (Å²) in [5.41, 5.74) is 5.51. The minimum absolute atomic E-state index is 0. The molecule has 0 unspecified atom stereocenters. The molecule has 118 valence electrons. The molecular formula is C20H18Cl2Ti-2. The quantitative estimate of drug-likeness (QED) is 0.268. The molecule has 0 N–H and O–H groups in total. The third-order valence-electron chi connectivity index (χ3n) is 3.17. The molecule has 0 heterocycles. The van der Waals surface area contributed by atoms with Crippen LogP contribution in [0.2, 0.25) is 0 Å². The topological polar surface area (TPSA) is 0 Å². The molecule has 0 atom stereocenters. The molecule has 0 aliphatic heterocycles. The number of hydrogen-bond acceptors (Lipinski definition) is 0. The van der Waals surface area contributed by atoms with Gasteiger partial charge in [-0.2, -0.15) is 48.0 Å². The molecule has 0 bridgehead atoms. The van der Waals surface area contributed by atoms with E-state index < -0.39 is 0 Å². The SMILES string of the molecule is C[CH]=[Ti+2].[Cl-].[Cl-].[c-]1cccc2c1Cc1ccccc1-2.c1cc[cH-]c1. The van der Waals surface area contributed by atoms with Gasteiger partial charge in [-0.15, -0.1) is 5.56 Å². The van der Waals surface area contributed by atoms with Gasteiger partial charge in [0.15, 0.2) is 0 Å². The molecular weight excluding hydrogens is 359 g/mol. The number of fused-ring (bicyclic) bond motifs is 3. The molecule has 3 aromatic rings. The molecule has 0 radical (unpaired) electrons. The number of halogens is 2. The second-order valence-corrected chi connectivity index (χ2v) is 5.55. The maximum atomic E-state index is 3.30. The summed E-state index contributed by atoms with van der Waals surface area (Å²) in [7, 11) is 0. The van der Waals surface area contributed by atoms with Gasteiger partial charge in [-0.05, 0) is 6.42 Å². The van der Waals surface area contributed by atoms with Crippen LogP contribution in [0.25, 0.3) is 11.1 Å². The van der Waals surface area contributed by atoms with E-state index in [-0.39, 0.29) is 24.8 Å². The molecule has 0 aromatic heterocycles. The Morgan fingerprint density at radius 1 is 0.957 bits per heavy atom. The van der Waals surface area contributed by atoms with Gasteiger partial charge in [-0.3, -0.25) is 0 Å². The molecule has 0 nitrogen and oxygen atoms in total. The van der Waals surface area contributed by atoms with Crippen molar-refractivity contribution in [2.24, 2.45) is 0 Å². The summed E-state index contributed by atoms with van der Waals surface area (Å²) in [4.78, 5) is 0. The van der Waals surface area contributed by atoms with Crippen molar-refractivity contribution in [1.29, 1.82) is 0 Å². The van der Waals surface area contributed by atoms with Crippen molar-refractivity contribution in [2.45, 2.75) is 13.3 Å². The molecule has 1 aliphatic carbocycles. The zero-order valence-electron chi connectivity index (χ0n) is 13.0. The van der Waals surface area contributed by atoms with Gasteiger partial charge >= 0.3 is 31.2 Å². The second-order valence-electron chi connectivity index (χ2n) is 4.65. The van der Waals surface area contributed by atoms with Crippen molar-refractivity contribution in [3.05, 3.63) is 90.0 Å². The van der Waals surface area contributed by atoms with E-state index in [4.69, 9.17) is 0 Å². The van der Waals surface area contributed by atoms with Crippen LogP contribution in [0.3, 0.4) is 0 Å². The Hall–Kier alpha value is -1.05. The summed E-state index contributed by atoms with van der Waals surface area (Å²) in [5, 5.41) is 0. The minimum Gasteiger partial charge on any atom is -1.00 e. The summed E-state index contributed by atoms with van der Waals surface area (Å²) >= 11 is 2.00. The van der Waals surface area contributed by atoms with Crippen molar-refractivity contribution in [3.8, 4) is 11.1 Å². The van der Waals surface area contributed by atoms with Gasteiger partial charge in [0.25, 0.3) is 0 Å². The van der Waals surface area contributed by atoms with Gasteiger partial charge in [-0.1, -0.05) is 35.4 Å². The fourth-order valence-corrected chi connectivity index (χ4v) is 2.32. The zero-order chi connectivity index (χ0) is 14.9. The van der Waals surface area contributed by atoms with Gasteiger partial charge in [0.2, 0.25) is 0 Å². The zero-order valence-corrected chi connectivity index (χ0v) is 16.0.